The molecule has 9 heteroatoms. The topological polar surface area (TPSA) is 81.1 Å². The van der Waals surface area contributed by atoms with Gasteiger partial charge in [-0.15, -0.1) is 0 Å². The number of nitrogens with zero attached hydrogens (tertiary/aromatic N) is 3. The fourth-order valence-corrected chi connectivity index (χ4v) is 6.76. The van der Waals surface area contributed by atoms with Crippen molar-refractivity contribution in [1.29, 1.82) is 0 Å². The number of amides is 2. The van der Waals surface area contributed by atoms with Gasteiger partial charge in [0.15, 0.2) is 0 Å². The lowest BCUT2D eigenvalue weighted by atomic mass is 9.79. The van der Waals surface area contributed by atoms with Crippen molar-refractivity contribution in [1.82, 2.24) is 14.4 Å². The van der Waals surface area contributed by atoms with Gasteiger partial charge in [-0.1, -0.05) is 54.6 Å². The third-order valence-electron chi connectivity index (χ3n) is 9.25. The Kier molecular flexibility index (Phi) is 9.69. The largest absolute Gasteiger partial charge is 0.444 e. The maximum absolute atomic E-state index is 14.8. The van der Waals surface area contributed by atoms with E-state index in [1.165, 1.54) is 12.1 Å². The minimum Gasteiger partial charge on any atom is -0.444 e. The molecular formula is C39H44FN3O5. The number of methoxy groups -OCH3 is 1. The van der Waals surface area contributed by atoms with Crippen LogP contribution in [0.2, 0.25) is 0 Å². The molecule has 1 saturated heterocycles. The molecule has 1 aliphatic heterocycles. The summed E-state index contributed by atoms with van der Waals surface area (Å²) in [6.45, 7) is 6.70. The highest BCUT2D eigenvalue weighted by Crippen LogP contribution is 2.40. The molecule has 1 aromatic heterocycles. The first-order valence-electron chi connectivity index (χ1n) is 16.8. The average Bonchev–Trinajstić information content (AvgIpc) is 3.86. The summed E-state index contributed by atoms with van der Waals surface area (Å²) >= 11 is 0. The Hall–Kier alpha value is -4.50. The van der Waals surface area contributed by atoms with Gasteiger partial charge in [-0.25, -0.2) is 9.18 Å². The van der Waals surface area contributed by atoms with E-state index in [0.29, 0.717) is 29.4 Å². The van der Waals surface area contributed by atoms with Crippen LogP contribution in [0.25, 0.3) is 22.0 Å². The van der Waals surface area contributed by atoms with Crippen molar-refractivity contribution in [2.75, 3.05) is 26.8 Å². The molecule has 48 heavy (non-hydrogen) atoms. The first kappa shape index (κ1) is 33.4. The molecule has 4 aromatic rings. The normalized spacial score (nSPS) is 18.1. The van der Waals surface area contributed by atoms with E-state index in [4.69, 9.17) is 9.47 Å². The van der Waals surface area contributed by atoms with Crippen molar-refractivity contribution in [3.05, 3.63) is 95.9 Å². The lowest BCUT2D eigenvalue weighted by Gasteiger charge is -2.40. The van der Waals surface area contributed by atoms with Gasteiger partial charge in [-0.05, 0) is 86.4 Å². The second kappa shape index (κ2) is 13.9. The van der Waals surface area contributed by atoms with Gasteiger partial charge in [0.05, 0.1) is 24.5 Å². The zero-order valence-corrected chi connectivity index (χ0v) is 28.2. The summed E-state index contributed by atoms with van der Waals surface area (Å²) in [6, 6.07) is 22.9. The average molecular weight is 654 g/mol. The van der Waals surface area contributed by atoms with Crippen LogP contribution in [0, 0.1) is 11.7 Å². The predicted octanol–water partition coefficient (Wildman–Crippen LogP) is 7.66. The van der Waals surface area contributed by atoms with Crippen molar-refractivity contribution < 1.29 is 28.2 Å². The molecule has 2 atom stereocenters. The predicted molar refractivity (Wildman–Crippen MR) is 183 cm³/mol. The number of aromatic nitrogens is 1. The number of benzene rings is 3. The molecule has 2 heterocycles. The number of piperidine rings is 1. The Labute approximate surface area is 281 Å². The van der Waals surface area contributed by atoms with Crippen LogP contribution in [0.4, 0.5) is 9.18 Å². The van der Waals surface area contributed by atoms with E-state index in [2.05, 4.69) is 30.3 Å². The minimum absolute atomic E-state index is 0.0295. The molecule has 0 spiro atoms. The Morgan fingerprint density at radius 3 is 2.40 bits per heavy atom. The molecule has 252 valence electrons. The van der Waals surface area contributed by atoms with Crippen LogP contribution >= 0.6 is 0 Å². The molecule has 2 fully saturated rings. The summed E-state index contributed by atoms with van der Waals surface area (Å²) in [4.78, 5) is 44.8. The summed E-state index contributed by atoms with van der Waals surface area (Å²) in [5, 5.41) is 0.602. The van der Waals surface area contributed by atoms with E-state index in [1.807, 2.05) is 49.9 Å². The second-order valence-corrected chi connectivity index (χ2v) is 13.9. The number of rotatable bonds is 9. The molecule has 1 saturated carbocycles. The number of hydrogen-bond donors (Lipinski definition) is 0. The third kappa shape index (κ3) is 7.46. The molecule has 0 radical (unpaired) electrons. The van der Waals surface area contributed by atoms with Crippen molar-refractivity contribution in [3.63, 3.8) is 0 Å². The molecule has 8 nitrogen and oxygen atoms in total. The first-order chi connectivity index (χ1) is 23.0. The van der Waals surface area contributed by atoms with Gasteiger partial charge in [0.25, 0.3) is 0 Å². The van der Waals surface area contributed by atoms with E-state index in [0.717, 1.165) is 29.5 Å². The number of halogens is 1. The Morgan fingerprint density at radius 1 is 0.938 bits per heavy atom. The van der Waals surface area contributed by atoms with Crippen molar-refractivity contribution in [3.8, 4) is 11.1 Å². The Bertz CT molecular complexity index is 1790. The maximum Gasteiger partial charge on any atom is 0.410 e. The van der Waals surface area contributed by atoms with Crippen molar-refractivity contribution in [2.45, 2.75) is 70.6 Å². The molecule has 0 bridgehead atoms. The molecule has 2 amide bonds. The van der Waals surface area contributed by atoms with Gasteiger partial charge in [0.2, 0.25) is 11.8 Å². The highest BCUT2D eigenvalue weighted by Gasteiger charge is 2.43. The van der Waals surface area contributed by atoms with Crippen LogP contribution < -0.4 is 0 Å². The molecule has 6 rings (SSSR count). The lowest BCUT2D eigenvalue weighted by Crippen LogP contribution is -2.51. The van der Waals surface area contributed by atoms with Crippen molar-refractivity contribution in [2.24, 2.45) is 5.92 Å². The summed E-state index contributed by atoms with van der Waals surface area (Å²) in [6.07, 6.45) is 3.81. The van der Waals surface area contributed by atoms with Gasteiger partial charge in [-0.2, -0.15) is 0 Å². The number of carbonyl (C=O) groups is 3. The number of likely N-dealkylation sites (tertiary alicyclic amines) is 1. The Balaban J connectivity index is 1.35. The lowest BCUT2D eigenvalue weighted by molar-refractivity contribution is -0.139. The SMILES string of the molecule is COCCC(=O)n1cc(CN(C(=O)[C@H]2CN(C(=O)OC(C)(C)C)CC[C@@H]2c2cccc(-c3ccccc3)c2)C2CC2)c2cc(F)ccc21. The fraction of sp³-hybridized carbons (Fsp3) is 0.410. The molecular weight excluding hydrogens is 609 g/mol. The molecule has 2 aliphatic rings. The monoisotopic (exact) mass is 653 g/mol. The molecule has 3 aromatic carbocycles. The highest BCUT2D eigenvalue weighted by atomic mass is 19.1. The van der Waals surface area contributed by atoms with E-state index in [1.54, 1.807) is 28.8 Å². The van der Waals surface area contributed by atoms with E-state index in [9.17, 15) is 18.8 Å². The van der Waals surface area contributed by atoms with Crippen LogP contribution in [0.15, 0.2) is 79.0 Å². The summed E-state index contributed by atoms with van der Waals surface area (Å²) in [5.74, 6) is -1.28. The second-order valence-electron chi connectivity index (χ2n) is 13.9. The van der Waals surface area contributed by atoms with E-state index in [-0.39, 0.29) is 49.9 Å². The van der Waals surface area contributed by atoms with Crippen LogP contribution in [0.1, 0.15) is 68.3 Å². The van der Waals surface area contributed by atoms with Gasteiger partial charge in [0, 0.05) is 44.4 Å². The summed E-state index contributed by atoms with van der Waals surface area (Å²) < 4.78 is 27.0. The number of ether oxygens (including phenoxy) is 2. The first-order valence-corrected chi connectivity index (χ1v) is 16.8. The zero-order valence-electron chi connectivity index (χ0n) is 28.2. The van der Waals surface area contributed by atoms with E-state index >= 15 is 0 Å². The summed E-state index contributed by atoms with van der Waals surface area (Å²) in [7, 11) is 1.54. The minimum atomic E-state index is -0.665. The van der Waals surface area contributed by atoms with E-state index < -0.39 is 23.4 Å². The number of hydrogen-bond acceptors (Lipinski definition) is 5. The fourth-order valence-electron chi connectivity index (χ4n) is 6.76. The van der Waals surface area contributed by atoms with Gasteiger partial charge < -0.3 is 19.3 Å². The molecule has 1 aliphatic carbocycles. The molecule has 0 unspecified atom stereocenters. The summed E-state index contributed by atoms with van der Waals surface area (Å²) in [5.41, 5.74) is 3.86. The van der Waals surface area contributed by atoms with Crippen LogP contribution in [-0.4, -0.2) is 70.7 Å². The van der Waals surface area contributed by atoms with Gasteiger partial charge in [0.1, 0.15) is 11.4 Å². The zero-order chi connectivity index (χ0) is 34.0. The van der Waals surface area contributed by atoms with Crippen LogP contribution in [0.3, 0.4) is 0 Å². The third-order valence-corrected chi connectivity index (χ3v) is 9.25. The van der Waals surface area contributed by atoms with Gasteiger partial charge >= 0.3 is 6.09 Å². The highest BCUT2D eigenvalue weighted by molar-refractivity contribution is 5.95. The van der Waals surface area contributed by atoms with Crippen molar-refractivity contribution >= 4 is 28.8 Å². The van der Waals surface area contributed by atoms with Crippen LogP contribution in [-0.2, 0) is 20.8 Å². The number of carbonyl (C=O) groups excluding carboxylic acids is 3. The Morgan fingerprint density at radius 2 is 1.69 bits per heavy atom. The number of fused-ring (bicyclic) bond motifs is 1. The maximum atomic E-state index is 14.8. The smallest absolute Gasteiger partial charge is 0.410 e. The van der Waals surface area contributed by atoms with Crippen LogP contribution in [0.5, 0.6) is 0 Å². The molecule has 0 N–H and O–H groups in total. The van der Waals surface area contributed by atoms with Gasteiger partial charge in [-0.3, -0.25) is 14.2 Å². The quantitative estimate of drug-likeness (QED) is 0.185. The standard InChI is InChI=1S/C39H44FN3O5/c1-39(2,3)48-38(46)41-19-17-32(28-12-8-11-27(21-28)26-9-6-5-7-10-26)34(25-41)37(45)42(31-14-15-31)23-29-24-43(36(44)18-20-47-4)35-16-13-30(40)22-33(29)35/h5-13,16,21-22,24,31-32,34H,14-15,17-20,23,25H2,1-4H3/t32-,34+/m1/s1.